The number of amides is 1. The second kappa shape index (κ2) is 5.28. The summed E-state index contributed by atoms with van der Waals surface area (Å²) >= 11 is 1.64. The van der Waals surface area contributed by atoms with Crippen LogP contribution in [0.4, 0.5) is 4.39 Å². The minimum atomic E-state index is -0.879. The molecule has 0 aliphatic heterocycles. The minimum absolute atomic E-state index is 0.242. The Balaban J connectivity index is 2.02. The molecule has 1 aliphatic carbocycles. The molecule has 2 rings (SSSR count). The van der Waals surface area contributed by atoms with E-state index in [1.807, 2.05) is 0 Å². The fraction of sp³-hybridized carbons (Fsp3) is 0.462. The van der Waals surface area contributed by atoms with Crippen molar-refractivity contribution in [3.8, 4) is 0 Å². The van der Waals surface area contributed by atoms with Crippen LogP contribution in [0.5, 0.6) is 0 Å². The van der Waals surface area contributed by atoms with Crippen LogP contribution >= 0.6 is 11.8 Å². The number of carbonyl (C=O) groups is 1. The van der Waals surface area contributed by atoms with Crippen LogP contribution in [0.1, 0.15) is 25.7 Å². The Labute approximate surface area is 110 Å². The number of hydrogen-bond donors (Lipinski definition) is 2. The number of hydrogen-bond acceptors (Lipinski definition) is 3. The van der Waals surface area contributed by atoms with Gasteiger partial charge in [-0.25, -0.2) is 4.39 Å². The number of nitrogens with two attached hydrogens (primary N) is 2. The average Bonchev–Trinajstić information content (AvgIpc) is 2.32. The van der Waals surface area contributed by atoms with Crippen molar-refractivity contribution in [3.05, 3.63) is 30.1 Å². The molecule has 1 saturated carbocycles. The van der Waals surface area contributed by atoms with Crippen LogP contribution in [0.2, 0.25) is 0 Å². The summed E-state index contributed by atoms with van der Waals surface area (Å²) in [6.07, 6.45) is 3.15. The topological polar surface area (TPSA) is 69.1 Å². The Morgan fingerprint density at radius 3 is 2.67 bits per heavy atom. The lowest BCUT2D eigenvalue weighted by Gasteiger charge is -2.35. The van der Waals surface area contributed by atoms with Crippen LogP contribution in [-0.4, -0.2) is 16.7 Å². The van der Waals surface area contributed by atoms with E-state index in [2.05, 4.69) is 0 Å². The van der Waals surface area contributed by atoms with Crippen LogP contribution in [-0.2, 0) is 4.79 Å². The predicted molar refractivity (Wildman–Crippen MR) is 70.6 cm³/mol. The molecule has 1 amide bonds. The van der Waals surface area contributed by atoms with E-state index in [0.29, 0.717) is 12.8 Å². The Hall–Kier alpha value is -1.07. The molecule has 0 spiro atoms. The van der Waals surface area contributed by atoms with Gasteiger partial charge in [-0.15, -0.1) is 11.8 Å². The summed E-state index contributed by atoms with van der Waals surface area (Å²) in [6, 6.07) is 6.37. The van der Waals surface area contributed by atoms with Crippen molar-refractivity contribution >= 4 is 17.7 Å². The summed E-state index contributed by atoms with van der Waals surface area (Å²) in [5.41, 5.74) is 10.5. The monoisotopic (exact) mass is 268 g/mol. The highest BCUT2D eigenvalue weighted by Crippen LogP contribution is 2.37. The Morgan fingerprint density at radius 2 is 2.06 bits per heavy atom. The number of halogens is 1. The van der Waals surface area contributed by atoms with Gasteiger partial charge in [-0.3, -0.25) is 4.79 Å². The number of carbonyl (C=O) groups excluding carboxylic acids is 1. The highest BCUT2D eigenvalue weighted by atomic mass is 32.2. The fourth-order valence-electron chi connectivity index (χ4n) is 2.29. The number of thioether (sulfide) groups is 1. The van der Waals surface area contributed by atoms with Crippen LogP contribution in [0.25, 0.3) is 0 Å². The molecule has 5 heteroatoms. The summed E-state index contributed by atoms with van der Waals surface area (Å²) in [5, 5.41) is 0.265. The van der Waals surface area contributed by atoms with E-state index in [1.165, 1.54) is 12.1 Å². The quantitative estimate of drug-likeness (QED) is 0.881. The molecule has 1 fully saturated rings. The number of primary amides is 1. The molecule has 0 radical (unpaired) electrons. The lowest BCUT2D eigenvalue weighted by atomic mass is 9.82. The summed E-state index contributed by atoms with van der Waals surface area (Å²) in [6.45, 7) is 0. The van der Waals surface area contributed by atoms with Crippen LogP contribution in [0.15, 0.2) is 29.2 Å². The summed E-state index contributed by atoms with van der Waals surface area (Å²) in [4.78, 5) is 12.4. The van der Waals surface area contributed by atoms with Gasteiger partial charge in [-0.2, -0.15) is 0 Å². The molecule has 1 aliphatic rings. The van der Waals surface area contributed by atoms with E-state index in [4.69, 9.17) is 11.5 Å². The first-order valence-electron chi connectivity index (χ1n) is 6.01. The SMILES string of the molecule is NC(=O)C1(N)CCCC(Sc2ccc(F)cc2)C1. The molecular formula is C13H17FN2OS. The van der Waals surface area contributed by atoms with E-state index in [9.17, 15) is 9.18 Å². The molecular weight excluding hydrogens is 251 g/mol. The normalized spacial score (nSPS) is 28.0. The Kier molecular flexibility index (Phi) is 3.92. The number of rotatable bonds is 3. The number of benzene rings is 1. The van der Waals surface area contributed by atoms with E-state index in [1.54, 1.807) is 23.9 Å². The van der Waals surface area contributed by atoms with Gasteiger partial charge in [0.2, 0.25) is 5.91 Å². The fourth-order valence-corrected chi connectivity index (χ4v) is 3.63. The highest BCUT2D eigenvalue weighted by molar-refractivity contribution is 8.00. The first-order valence-corrected chi connectivity index (χ1v) is 6.88. The molecule has 98 valence electrons. The van der Waals surface area contributed by atoms with Gasteiger partial charge in [0.1, 0.15) is 5.82 Å². The zero-order chi connectivity index (χ0) is 13.2. The van der Waals surface area contributed by atoms with Crippen molar-refractivity contribution in [2.45, 2.75) is 41.4 Å². The lowest BCUT2D eigenvalue weighted by molar-refractivity contribution is -0.124. The van der Waals surface area contributed by atoms with Gasteiger partial charge in [-0.1, -0.05) is 0 Å². The standard InChI is InChI=1S/C13H17FN2OS/c14-9-3-5-10(6-4-9)18-11-2-1-7-13(16,8-11)12(15)17/h3-6,11H,1-2,7-8,16H2,(H2,15,17). The third kappa shape index (κ3) is 3.03. The maximum atomic E-state index is 12.8. The smallest absolute Gasteiger partial charge is 0.237 e. The molecule has 0 saturated heterocycles. The van der Waals surface area contributed by atoms with Gasteiger partial charge < -0.3 is 11.5 Å². The van der Waals surface area contributed by atoms with E-state index in [-0.39, 0.29) is 11.1 Å². The molecule has 4 N–H and O–H groups in total. The Bertz CT molecular complexity index is 437. The first kappa shape index (κ1) is 13.4. The van der Waals surface area contributed by atoms with Crippen molar-refractivity contribution in [3.63, 3.8) is 0 Å². The third-order valence-corrected chi connectivity index (χ3v) is 4.63. The van der Waals surface area contributed by atoms with Gasteiger partial charge in [-0.05, 0) is 49.9 Å². The van der Waals surface area contributed by atoms with Gasteiger partial charge in [0.15, 0.2) is 0 Å². The summed E-state index contributed by atoms with van der Waals surface area (Å²) in [7, 11) is 0. The zero-order valence-electron chi connectivity index (χ0n) is 10.1. The average molecular weight is 268 g/mol. The highest BCUT2D eigenvalue weighted by Gasteiger charge is 2.37. The van der Waals surface area contributed by atoms with Gasteiger partial charge >= 0.3 is 0 Å². The van der Waals surface area contributed by atoms with Gasteiger partial charge in [0, 0.05) is 10.1 Å². The molecule has 2 atom stereocenters. The van der Waals surface area contributed by atoms with E-state index < -0.39 is 11.4 Å². The molecule has 0 bridgehead atoms. The third-order valence-electron chi connectivity index (χ3n) is 3.35. The summed E-state index contributed by atoms with van der Waals surface area (Å²) in [5.74, 6) is -0.666. The van der Waals surface area contributed by atoms with Gasteiger partial charge in [0.05, 0.1) is 5.54 Å². The second-order valence-corrected chi connectivity index (χ2v) is 6.18. The lowest BCUT2D eigenvalue weighted by Crippen LogP contribution is -2.55. The predicted octanol–water partition coefficient (Wildman–Crippen LogP) is 2.04. The molecule has 1 aromatic rings. The Morgan fingerprint density at radius 1 is 1.39 bits per heavy atom. The minimum Gasteiger partial charge on any atom is -0.368 e. The first-order chi connectivity index (χ1) is 8.49. The largest absolute Gasteiger partial charge is 0.368 e. The molecule has 3 nitrogen and oxygen atoms in total. The van der Waals surface area contributed by atoms with Crippen molar-refractivity contribution < 1.29 is 9.18 Å². The summed E-state index contributed by atoms with van der Waals surface area (Å²) < 4.78 is 12.8. The van der Waals surface area contributed by atoms with E-state index >= 15 is 0 Å². The van der Waals surface area contributed by atoms with Crippen molar-refractivity contribution in [1.29, 1.82) is 0 Å². The van der Waals surface area contributed by atoms with Crippen LogP contribution in [0, 0.1) is 5.82 Å². The van der Waals surface area contributed by atoms with Crippen molar-refractivity contribution in [2.24, 2.45) is 11.5 Å². The van der Waals surface area contributed by atoms with Crippen LogP contribution < -0.4 is 11.5 Å². The molecule has 0 heterocycles. The maximum absolute atomic E-state index is 12.8. The molecule has 0 aromatic heterocycles. The molecule has 18 heavy (non-hydrogen) atoms. The molecule has 2 unspecified atom stereocenters. The zero-order valence-corrected chi connectivity index (χ0v) is 10.9. The van der Waals surface area contributed by atoms with Crippen molar-refractivity contribution in [1.82, 2.24) is 0 Å². The maximum Gasteiger partial charge on any atom is 0.237 e. The van der Waals surface area contributed by atoms with Crippen molar-refractivity contribution in [2.75, 3.05) is 0 Å². The van der Waals surface area contributed by atoms with Crippen LogP contribution in [0.3, 0.4) is 0 Å². The van der Waals surface area contributed by atoms with E-state index in [0.717, 1.165) is 17.7 Å². The molecule has 1 aromatic carbocycles. The second-order valence-electron chi connectivity index (χ2n) is 4.81. The van der Waals surface area contributed by atoms with Gasteiger partial charge in [0.25, 0.3) is 0 Å².